The lowest BCUT2D eigenvalue weighted by Crippen LogP contribution is -2.46. The van der Waals surface area contributed by atoms with Gasteiger partial charge in [-0.05, 0) is 42.7 Å². The first-order chi connectivity index (χ1) is 12.2. The van der Waals surface area contributed by atoms with Crippen molar-refractivity contribution in [3.8, 4) is 5.00 Å². The van der Waals surface area contributed by atoms with Crippen molar-refractivity contribution in [3.63, 3.8) is 0 Å². The number of aromatic nitrogens is 1. The van der Waals surface area contributed by atoms with Gasteiger partial charge in [-0.2, -0.15) is 11.8 Å². The van der Waals surface area contributed by atoms with E-state index in [2.05, 4.69) is 10.9 Å². The van der Waals surface area contributed by atoms with E-state index in [1.807, 2.05) is 40.9 Å². The van der Waals surface area contributed by atoms with Gasteiger partial charge in [0.1, 0.15) is 11.1 Å². The van der Waals surface area contributed by atoms with E-state index in [-0.39, 0.29) is 11.8 Å². The van der Waals surface area contributed by atoms with Crippen molar-refractivity contribution in [1.29, 1.82) is 0 Å². The van der Waals surface area contributed by atoms with Crippen LogP contribution in [0.15, 0.2) is 24.5 Å². The van der Waals surface area contributed by atoms with Crippen molar-refractivity contribution in [1.82, 2.24) is 15.4 Å². The smallest absolute Gasteiger partial charge is 0.273 e. The molecule has 2 aliphatic heterocycles. The van der Waals surface area contributed by atoms with Crippen LogP contribution in [0.2, 0.25) is 0 Å². The first-order valence-corrected chi connectivity index (χ1v) is 10.3. The Morgan fingerprint density at radius 1 is 1.24 bits per heavy atom. The van der Waals surface area contributed by atoms with Gasteiger partial charge in [0.25, 0.3) is 11.8 Å². The van der Waals surface area contributed by atoms with Gasteiger partial charge in [0.15, 0.2) is 0 Å². The fourth-order valence-corrected chi connectivity index (χ4v) is 5.59. The van der Waals surface area contributed by atoms with Gasteiger partial charge in [-0.1, -0.05) is 0 Å². The lowest BCUT2D eigenvalue weighted by atomic mass is 10.1. The molecule has 4 heterocycles. The molecule has 1 atom stereocenters. The van der Waals surface area contributed by atoms with Crippen LogP contribution in [0.3, 0.4) is 0 Å². The molecule has 4 rings (SSSR count). The Morgan fingerprint density at radius 2 is 2.08 bits per heavy atom. The largest absolute Gasteiger partial charge is 0.368 e. The molecule has 0 spiro atoms. The summed E-state index contributed by atoms with van der Waals surface area (Å²) in [7, 11) is 0. The van der Waals surface area contributed by atoms with Gasteiger partial charge in [-0.3, -0.25) is 20.4 Å². The SMILES string of the molecule is O=C(NNC(=O)[C@@H]1CCCO1)c1c(-n2cccc2)sc2c1CCSC2. The second-order valence-corrected chi connectivity index (χ2v) is 8.21. The van der Waals surface area contributed by atoms with Crippen LogP contribution < -0.4 is 10.9 Å². The minimum absolute atomic E-state index is 0.264. The summed E-state index contributed by atoms with van der Waals surface area (Å²) in [5, 5.41) is 0.904. The van der Waals surface area contributed by atoms with Gasteiger partial charge in [-0.25, -0.2) is 0 Å². The molecule has 2 amide bonds. The summed E-state index contributed by atoms with van der Waals surface area (Å²) in [6, 6.07) is 3.88. The van der Waals surface area contributed by atoms with E-state index in [0.717, 1.165) is 34.9 Å². The summed E-state index contributed by atoms with van der Waals surface area (Å²) < 4.78 is 7.31. The maximum Gasteiger partial charge on any atom is 0.273 e. The summed E-state index contributed by atoms with van der Waals surface area (Å²) in [4.78, 5) is 26.1. The predicted octanol–water partition coefficient (Wildman–Crippen LogP) is 2.27. The molecule has 0 radical (unpaired) electrons. The first-order valence-electron chi connectivity index (χ1n) is 8.31. The average molecular weight is 377 g/mol. The molecule has 1 fully saturated rings. The standard InChI is InChI=1S/C17H19N3O3S2/c21-15(12-4-3-8-23-12)18-19-16(22)14-11-5-9-24-10-13(11)25-17(14)20-6-1-2-7-20/h1-2,6-7,12H,3-5,8-10H2,(H,18,21)(H,19,22)/t12-/m0/s1. The summed E-state index contributed by atoms with van der Waals surface area (Å²) in [6.07, 6.45) is 5.86. The number of ether oxygens (including phenoxy) is 1. The maximum absolute atomic E-state index is 12.8. The highest BCUT2D eigenvalue weighted by atomic mass is 32.2. The molecule has 1 saturated heterocycles. The molecule has 2 aliphatic rings. The third-order valence-electron chi connectivity index (χ3n) is 4.39. The van der Waals surface area contributed by atoms with Crippen molar-refractivity contribution in [2.24, 2.45) is 0 Å². The van der Waals surface area contributed by atoms with Crippen LogP contribution in [-0.2, 0) is 21.7 Å². The van der Waals surface area contributed by atoms with E-state index < -0.39 is 6.10 Å². The minimum Gasteiger partial charge on any atom is -0.368 e. The quantitative estimate of drug-likeness (QED) is 0.805. The fourth-order valence-electron chi connectivity index (χ4n) is 3.15. The average Bonchev–Trinajstić information content (AvgIpc) is 3.39. The molecule has 0 saturated carbocycles. The summed E-state index contributed by atoms with van der Waals surface area (Å²) in [5.41, 5.74) is 6.88. The number of hydrogen-bond acceptors (Lipinski definition) is 5. The van der Waals surface area contributed by atoms with E-state index in [9.17, 15) is 9.59 Å². The van der Waals surface area contributed by atoms with Gasteiger partial charge < -0.3 is 9.30 Å². The summed E-state index contributed by atoms with van der Waals surface area (Å²) >= 11 is 3.54. The molecule has 2 N–H and O–H groups in total. The van der Waals surface area contributed by atoms with Gasteiger partial charge in [0.05, 0.1) is 5.56 Å². The molecule has 6 nitrogen and oxygen atoms in total. The number of amides is 2. The Labute approximate surface area is 153 Å². The number of nitrogens with one attached hydrogen (secondary N) is 2. The number of rotatable bonds is 3. The Balaban J connectivity index is 1.56. The molecule has 0 aromatic carbocycles. The van der Waals surface area contributed by atoms with E-state index in [1.54, 1.807) is 11.3 Å². The number of hydrazine groups is 1. The summed E-state index contributed by atoms with van der Waals surface area (Å²) in [5.74, 6) is 1.40. The third-order valence-corrected chi connectivity index (χ3v) is 6.80. The number of nitrogens with zero attached hydrogens (tertiary/aromatic N) is 1. The maximum atomic E-state index is 12.8. The number of hydrogen-bond donors (Lipinski definition) is 2. The highest BCUT2D eigenvalue weighted by molar-refractivity contribution is 7.98. The number of carbonyl (C=O) groups is 2. The van der Waals surface area contributed by atoms with Crippen LogP contribution in [0.4, 0.5) is 0 Å². The van der Waals surface area contributed by atoms with Crippen molar-refractivity contribution in [2.45, 2.75) is 31.1 Å². The Bertz CT molecular complexity index is 779. The van der Waals surface area contributed by atoms with Crippen LogP contribution in [0, 0.1) is 0 Å². The fraction of sp³-hybridized carbons (Fsp3) is 0.412. The Morgan fingerprint density at radius 3 is 2.84 bits per heavy atom. The van der Waals surface area contributed by atoms with Gasteiger partial charge >= 0.3 is 0 Å². The van der Waals surface area contributed by atoms with Crippen LogP contribution in [-0.4, -0.2) is 34.8 Å². The normalized spacial score (nSPS) is 19.4. The van der Waals surface area contributed by atoms with Crippen molar-refractivity contribution in [2.75, 3.05) is 12.4 Å². The van der Waals surface area contributed by atoms with Gasteiger partial charge in [0.2, 0.25) is 0 Å². The number of thioether (sulfide) groups is 1. The van der Waals surface area contributed by atoms with E-state index in [4.69, 9.17) is 4.74 Å². The zero-order chi connectivity index (χ0) is 17.2. The molecule has 132 valence electrons. The molecular weight excluding hydrogens is 358 g/mol. The van der Waals surface area contributed by atoms with Crippen LogP contribution in [0.25, 0.3) is 5.00 Å². The molecule has 0 aliphatic carbocycles. The molecule has 2 aromatic heterocycles. The highest BCUT2D eigenvalue weighted by Crippen LogP contribution is 2.38. The van der Waals surface area contributed by atoms with E-state index in [0.29, 0.717) is 18.6 Å². The number of carbonyl (C=O) groups excluding carboxylic acids is 2. The van der Waals surface area contributed by atoms with E-state index in [1.165, 1.54) is 4.88 Å². The molecule has 25 heavy (non-hydrogen) atoms. The molecule has 0 unspecified atom stereocenters. The van der Waals surface area contributed by atoms with Crippen LogP contribution in [0.5, 0.6) is 0 Å². The number of fused-ring (bicyclic) bond motifs is 1. The minimum atomic E-state index is -0.461. The molecule has 2 aromatic rings. The topological polar surface area (TPSA) is 72.4 Å². The highest BCUT2D eigenvalue weighted by Gasteiger charge is 2.28. The van der Waals surface area contributed by atoms with Crippen molar-refractivity contribution >= 4 is 34.9 Å². The van der Waals surface area contributed by atoms with Crippen molar-refractivity contribution in [3.05, 3.63) is 40.5 Å². The summed E-state index contributed by atoms with van der Waals surface area (Å²) in [6.45, 7) is 0.597. The zero-order valence-electron chi connectivity index (χ0n) is 13.6. The third kappa shape index (κ3) is 3.33. The Kier molecular flexibility index (Phi) is 4.82. The van der Waals surface area contributed by atoms with Gasteiger partial charge in [-0.15, -0.1) is 11.3 Å². The second kappa shape index (κ2) is 7.23. The second-order valence-electron chi connectivity index (χ2n) is 6.02. The number of thiophene rings is 1. The lowest BCUT2D eigenvalue weighted by Gasteiger charge is -2.15. The van der Waals surface area contributed by atoms with Crippen LogP contribution >= 0.6 is 23.1 Å². The Hall–Kier alpha value is -1.77. The molecule has 0 bridgehead atoms. The first kappa shape index (κ1) is 16.7. The van der Waals surface area contributed by atoms with Crippen molar-refractivity contribution < 1.29 is 14.3 Å². The van der Waals surface area contributed by atoms with Gasteiger partial charge in [0, 0.05) is 29.6 Å². The predicted molar refractivity (Wildman–Crippen MR) is 98.1 cm³/mol. The van der Waals surface area contributed by atoms with E-state index >= 15 is 0 Å². The molecule has 8 heteroatoms. The lowest BCUT2D eigenvalue weighted by molar-refractivity contribution is -0.130. The molecular formula is C17H19N3O3S2. The zero-order valence-corrected chi connectivity index (χ0v) is 15.3. The monoisotopic (exact) mass is 377 g/mol. The van der Waals surface area contributed by atoms with Crippen LogP contribution in [0.1, 0.15) is 33.6 Å².